The number of aliphatic hydroxyl groups excluding tert-OH is 20. The highest BCUT2D eigenvalue weighted by Gasteiger charge is 2.63. The minimum atomic E-state index is -2.45. The fourth-order valence-corrected chi connectivity index (χ4v) is 12.9. The third kappa shape index (κ3) is 15.7. The molecule has 101 heavy (non-hydrogen) atoms. The first-order valence-electron chi connectivity index (χ1n) is 31.2. The highest BCUT2D eigenvalue weighted by molar-refractivity contribution is 5.76. The number of carbonyl (C=O) groups is 4. The highest BCUT2D eigenvalue weighted by atomic mass is 16.8. The van der Waals surface area contributed by atoms with E-state index in [1.807, 2.05) is 0 Å². The van der Waals surface area contributed by atoms with Crippen LogP contribution in [0.1, 0.15) is 13.8 Å². The minimum absolute atomic E-state index is 0.552. The Hall–Kier alpha value is -3.68. The molecule has 0 aromatic heterocycles. The Morgan fingerprint density at radius 1 is 0.337 bits per heavy atom. The molecule has 0 unspecified atom stereocenters. The Labute approximate surface area is 565 Å². The van der Waals surface area contributed by atoms with E-state index in [4.69, 9.17) is 90.0 Å². The number of rotatable bonds is 22. The summed E-state index contributed by atoms with van der Waals surface area (Å²) in [6.45, 7) is -3.66. The molecule has 42 atom stereocenters. The van der Waals surface area contributed by atoms with Crippen LogP contribution in [0.25, 0.3) is 0 Å². The number of fused-ring (bicyclic) bond motifs is 2. The molecule has 10 aliphatic heterocycles. The van der Waals surface area contributed by atoms with Crippen LogP contribution in [0.5, 0.6) is 0 Å². The summed E-state index contributed by atoms with van der Waals surface area (Å²) in [7, 11) is 0. The van der Waals surface area contributed by atoms with Gasteiger partial charge in [-0.1, -0.05) is 0 Å². The van der Waals surface area contributed by atoms with Gasteiger partial charge in [-0.2, -0.15) is 0 Å². The van der Waals surface area contributed by atoms with E-state index >= 15 is 0 Å². The molecule has 10 aliphatic rings. The van der Waals surface area contributed by atoms with Crippen molar-refractivity contribution >= 4 is 23.9 Å². The van der Waals surface area contributed by atoms with E-state index in [1.54, 1.807) is 0 Å². The Balaban J connectivity index is 0.780. The normalized spacial score (nSPS) is 52.7. The SMILES string of the molecule is C[C@@]1(C(=O)O)OC[C@H]2O[C@@H](O[C@@H]3[C@@H](O)[C@H](O[C@H]4[C@H](O)[C@@H](O)[C@H](O[C@@H]5[C@@H](O)[C@H](OC[C@H]6O[C@H](O)[C@H](O)[C@@H](O)[C@@H]6O[C@@H]6O[C@H](CO)[C@@H](O[C@@H]7O[C@H](C(=O)O)[C@@H](O[C@@H]8O[C@H](C(=O)O)[C@@H](O)[C@H](O)[C@H]8O)[C@H](O)[C@H]7O)[C@H](O)[C@H]6O)O[C@H](CO)[C@H]5O)O[C@@H]4CO)O[C@@H]4CO[C@@](C)(C(=O)O)O[C@@H]34)[C@H](O)[C@@H](O)[C@H]2O1. The zero-order valence-corrected chi connectivity index (χ0v) is 52.5. The van der Waals surface area contributed by atoms with Crippen LogP contribution < -0.4 is 0 Å². The van der Waals surface area contributed by atoms with Crippen LogP contribution in [-0.2, 0) is 109 Å². The van der Waals surface area contributed by atoms with Gasteiger partial charge < -0.3 is 213 Å². The standard InChI is InChI=1S/C54H82O47/c1-53(51(79)80)84-7-13-34(100-53)21(64)27(70)47(90-13)97-38-30(73)50(91-14-8-85-54(2,52(81)82)101-35(14)38)93-32-11(5-57)89-46(26(69)20(32)63)95-36-15(58)9(3-55)87-44(29(36)72)83-6-12-33(18(61)23(66)43(78)86-12)94-45-25(68)19(62)31(10(4-56)88-45)92-49-28(71)22(65)37(40(99-49)42(76)77)96-48-24(67)16(59)17(60)39(98-48)41(74)75/h9-40,43-50,55-73,78H,3-8H2,1-2H3,(H,74,75)(H,76,77)(H,79,80)(H,81,82)/t9-,10-,11-,12-,13-,14-,15-,16+,17+,18-,19-,20-,21-,22-,23-,24-,25-,26-,27-,28-,29-,30-,31-,32-,33-,34+,35-,36+,37+,38-,39+,40+,43+,44-,45+,46+,47+,48-,49-,50+,53-,54-/m1/s1. The van der Waals surface area contributed by atoms with Crippen LogP contribution in [0.15, 0.2) is 0 Å². The first kappa shape index (κ1) is 79.9. The van der Waals surface area contributed by atoms with Crippen LogP contribution in [0.3, 0.4) is 0 Å². The average molecular weight is 1480 g/mol. The van der Waals surface area contributed by atoms with Crippen LogP contribution >= 0.6 is 0 Å². The van der Waals surface area contributed by atoms with Crippen molar-refractivity contribution in [3.8, 4) is 0 Å². The Morgan fingerprint density at radius 3 is 1.20 bits per heavy atom. The first-order valence-corrected chi connectivity index (χ1v) is 31.2. The molecule has 10 heterocycles. The number of carboxylic acids is 4. The van der Waals surface area contributed by atoms with Crippen molar-refractivity contribution in [3.05, 3.63) is 0 Å². The van der Waals surface area contributed by atoms with E-state index < -0.39 is 321 Å². The zero-order chi connectivity index (χ0) is 74.1. The van der Waals surface area contributed by atoms with Gasteiger partial charge in [-0.3, -0.25) is 0 Å². The average Bonchev–Trinajstić information content (AvgIpc) is 0.759. The van der Waals surface area contributed by atoms with Crippen LogP contribution in [0.2, 0.25) is 0 Å². The molecule has 580 valence electrons. The zero-order valence-electron chi connectivity index (χ0n) is 52.5. The Kier molecular flexibility index (Phi) is 25.3. The van der Waals surface area contributed by atoms with E-state index in [2.05, 4.69) is 0 Å². The summed E-state index contributed by atoms with van der Waals surface area (Å²) in [5, 5.41) is 259. The van der Waals surface area contributed by atoms with Crippen LogP contribution in [0, 0.1) is 0 Å². The van der Waals surface area contributed by atoms with E-state index in [-0.39, 0.29) is 0 Å². The number of aliphatic carboxylic acids is 4. The molecule has 10 saturated heterocycles. The predicted molar refractivity (Wildman–Crippen MR) is 293 cm³/mol. The highest BCUT2D eigenvalue weighted by Crippen LogP contribution is 2.42. The molecule has 10 fully saturated rings. The van der Waals surface area contributed by atoms with Crippen molar-refractivity contribution < 1.29 is 232 Å². The van der Waals surface area contributed by atoms with Gasteiger partial charge in [0.15, 0.2) is 62.5 Å². The molecule has 0 radical (unpaired) electrons. The van der Waals surface area contributed by atoms with Crippen LogP contribution in [0.4, 0.5) is 0 Å². The smallest absolute Gasteiger partial charge is 0.364 e. The number of aliphatic hydroxyl groups is 20. The number of hydrogen-bond acceptors (Lipinski definition) is 43. The van der Waals surface area contributed by atoms with E-state index in [9.17, 15) is 142 Å². The van der Waals surface area contributed by atoms with Gasteiger partial charge in [-0.25, -0.2) is 19.2 Å². The summed E-state index contributed by atoms with van der Waals surface area (Å²) >= 11 is 0. The number of carboxylic acid groups (broad SMARTS) is 4. The second kappa shape index (κ2) is 32.0. The molecular formula is C54H82O47. The van der Waals surface area contributed by atoms with Gasteiger partial charge in [-0.15, -0.1) is 0 Å². The molecule has 0 saturated carbocycles. The summed E-state index contributed by atoms with van der Waals surface area (Å²) in [4.78, 5) is 48.2. The molecule has 0 amide bonds. The van der Waals surface area contributed by atoms with Crippen molar-refractivity contribution in [1.82, 2.24) is 0 Å². The Bertz CT molecular complexity index is 2790. The molecule has 0 aromatic carbocycles. The Morgan fingerprint density at radius 2 is 0.703 bits per heavy atom. The van der Waals surface area contributed by atoms with Gasteiger partial charge in [0.2, 0.25) is 0 Å². The van der Waals surface area contributed by atoms with Crippen molar-refractivity contribution in [2.24, 2.45) is 0 Å². The molecule has 0 aromatic rings. The van der Waals surface area contributed by atoms with E-state index in [0.717, 1.165) is 13.8 Å². The van der Waals surface area contributed by atoms with Gasteiger partial charge >= 0.3 is 23.9 Å². The summed E-state index contributed by atoms with van der Waals surface area (Å²) in [5.41, 5.74) is 0. The number of hydrogen-bond donors (Lipinski definition) is 24. The summed E-state index contributed by atoms with van der Waals surface area (Å²) in [6.07, 6.45) is -84.3. The molecule has 47 nitrogen and oxygen atoms in total. The fraction of sp³-hybridized carbons (Fsp3) is 0.926. The molecule has 47 heteroatoms. The first-order chi connectivity index (χ1) is 47.5. The summed E-state index contributed by atoms with van der Waals surface area (Å²) in [6, 6.07) is 0. The van der Waals surface area contributed by atoms with Gasteiger partial charge in [-0.05, 0) is 0 Å². The molecule has 0 bridgehead atoms. The lowest BCUT2D eigenvalue weighted by atomic mass is 9.94. The molecule has 0 aliphatic carbocycles. The maximum atomic E-state index is 12.5. The summed E-state index contributed by atoms with van der Waals surface area (Å²) in [5.74, 6) is -11.8. The lowest BCUT2D eigenvalue weighted by Gasteiger charge is -2.53. The fourth-order valence-electron chi connectivity index (χ4n) is 12.9. The third-order valence-corrected chi connectivity index (χ3v) is 18.7. The molecule has 24 N–H and O–H groups in total. The van der Waals surface area contributed by atoms with Crippen molar-refractivity contribution in [2.45, 2.75) is 271 Å². The second-order valence-electron chi connectivity index (χ2n) is 25.4. The van der Waals surface area contributed by atoms with Gasteiger partial charge in [0.05, 0.1) is 39.6 Å². The topological polar surface area (TPSA) is 729 Å². The predicted octanol–water partition coefficient (Wildman–Crippen LogP) is -16.5. The van der Waals surface area contributed by atoms with Crippen molar-refractivity contribution in [3.63, 3.8) is 0 Å². The maximum absolute atomic E-state index is 12.5. The van der Waals surface area contributed by atoms with E-state index in [1.165, 1.54) is 0 Å². The molecule has 10 rings (SSSR count). The maximum Gasteiger partial charge on any atom is 0.364 e. The van der Waals surface area contributed by atoms with Gasteiger partial charge in [0, 0.05) is 13.8 Å². The quantitative estimate of drug-likeness (QED) is 0.0479. The second-order valence-corrected chi connectivity index (χ2v) is 25.4. The largest absolute Gasteiger partial charge is 0.479 e. The van der Waals surface area contributed by atoms with Crippen molar-refractivity contribution in [1.29, 1.82) is 0 Å². The van der Waals surface area contributed by atoms with Crippen molar-refractivity contribution in [2.75, 3.05) is 39.6 Å². The monoisotopic (exact) mass is 1480 g/mol. The van der Waals surface area contributed by atoms with Gasteiger partial charge in [0.25, 0.3) is 11.6 Å². The molecular weight excluding hydrogens is 1400 g/mol. The minimum Gasteiger partial charge on any atom is -0.479 e. The lowest BCUT2D eigenvalue weighted by molar-refractivity contribution is -0.424. The van der Waals surface area contributed by atoms with Crippen LogP contribution in [-0.4, -0.2) is 443 Å². The summed E-state index contributed by atoms with van der Waals surface area (Å²) < 4.78 is 106. The van der Waals surface area contributed by atoms with E-state index in [0.29, 0.717) is 0 Å². The lowest BCUT2D eigenvalue weighted by Crippen LogP contribution is -2.71. The number of ether oxygens (including phenoxy) is 19. The van der Waals surface area contributed by atoms with Gasteiger partial charge in [0.1, 0.15) is 183 Å². The third-order valence-electron chi connectivity index (χ3n) is 18.7. The molecule has 0 spiro atoms.